The van der Waals surface area contributed by atoms with E-state index in [-0.39, 0.29) is 29.8 Å². The standard InChI is InChI=1S/C21H25N3O6S/c1-28-20-6-3-16(14-22-20)23-21(25)15-7-9-24(10-8-15)31(26,27)17-4-5-18-19(13-17)30-12-2-11-29-18/h3-6,13-15H,2,7-12H2,1H3,(H,23,25). The zero-order chi connectivity index (χ0) is 21.8. The molecule has 10 heteroatoms. The van der Waals surface area contributed by atoms with Crippen molar-refractivity contribution in [2.24, 2.45) is 5.92 Å². The summed E-state index contributed by atoms with van der Waals surface area (Å²) in [6, 6.07) is 8.08. The molecule has 31 heavy (non-hydrogen) atoms. The van der Waals surface area contributed by atoms with E-state index in [1.807, 2.05) is 0 Å². The second-order valence-corrected chi connectivity index (χ2v) is 9.35. The van der Waals surface area contributed by atoms with Crippen LogP contribution in [0.5, 0.6) is 17.4 Å². The maximum absolute atomic E-state index is 13.1. The van der Waals surface area contributed by atoms with Crippen molar-refractivity contribution in [1.82, 2.24) is 9.29 Å². The summed E-state index contributed by atoms with van der Waals surface area (Å²) in [4.78, 5) is 16.8. The number of hydrogen-bond acceptors (Lipinski definition) is 7. The zero-order valence-corrected chi connectivity index (χ0v) is 18.1. The molecule has 1 fully saturated rings. The fourth-order valence-electron chi connectivity index (χ4n) is 3.63. The molecule has 2 aliphatic heterocycles. The topological polar surface area (TPSA) is 107 Å². The van der Waals surface area contributed by atoms with E-state index in [1.54, 1.807) is 24.3 Å². The van der Waals surface area contributed by atoms with Gasteiger partial charge in [0.2, 0.25) is 21.8 Å². The minimum Gasteiger partial charge on any atom is -0.490 e. The number of hydrogen-bond donors (Lipinski definition) is 1. The number of ether oxygens (including phenoxy) is 3. The molecular formula is C21H25N3O6S. The van der Waals surface area contributed by atoms with Crippen LogP contribution in [0.15, 0.2) is 41.4 Å². The fraction of sp³-hybridized carbons (Fsp3) is 0.429. The molecule has 4 rings (SSSR count). The van der Waals surface area contributed by atoms with Gasteiger partial charge in [0.1, 0.15) is 0 Å². The first kappa shape index (κ1) is 21.4. The average Bonchev–Trinajstić information content (AvgIpc) is 3.04. The molecule has 1 N–H and O–H groups in total. The Morgan fingerprint density at radius 2 is 1.87 bits per heavy atom. The molecule has 0 saturated carbocycles. The van der Waals surface area contributed by atoms with Crippen LogP contribution in [0.4, 0.5) is 5.69 Å². The number of piperidine rings is 1. The normalized spacial score (nSPS) is 17.6. The van der Waals surface area contributed by atoms with Crippen molar-refractivity contribution < 1.29 is 27.4 Å². The molecule has 1 amide bonds. The molecule has 1 saturated heterocycles. The van der Waals surface area contributed by atoms with Crippen LogP contribution in [0.3, 0.4) is 0 Å². The second-order valence-electron chi connectivity index (χ2n) is 7.42. The summed E-state index contributed by atoms with van der Waals surface area (Å²) in [5.41, 5.74) is 0.577. The van der Waals surface area contributed by atoms with Gasteiger partial charge >= 0.3 is 0 Å². The molecule has 0 bridgehead atoms. The van der Waals surface area contributed by atoms with E-state index in [1.165, 1.54) is 23.7 Å². The Bertz CT molecular complexity index is 1030. The molecular weight excluding hydrogens is 422 g/mol. The Morgan fingerprint density at radius 3 is 2.55 bits per heavy atom. The van der Waals surface area contributed by atoms with Gasteiger partial charge in [-0.2, -0.15) is 4.31 Å². The second kappa shape index (κ2) is 9.11. The molecule has 0 atom stereocenters. The number of aromatic nitrogens is 1. The molecule has 0 unspecified atom stereocenters. The minimum atomic E-state index is -3.68. The number of methoxy groups -OCH3 is 1. The van der Waals surface area contributed by atoms with Gasteiger partial charge in [0.25, 0.3) is 0 Å². The van der Waals surface area contributed by atoms with Crippen molar-refractivity contribution in [3.05, 3.63) is 36.5 Å². The number of pyridine rings is 1. The lowest BCUT2D eigenvalue weighted by Gasteiger charge is -2.30. The van der Waals surface area contributed by atoms with E-state index >= 15 is 0 Å². The van der Waals surface area contributed by atoms with Crippen LogP contribution in [-0.2, 0) is 14.8 Å². The lowest BCUT2D eigenvalue weighted by molar-refractivity contribution is -0.120. The van der Waals surface area contributed by atoms with Gasteiger partial charge in [-0.05, 0) is 31.0 Å². The highest BCUT2D eigenvalue weighted by Gasteiger charge is 2.32. The predicted molar refractivity (Wildman–Crippen MR) is 113 cm³/mol. The number of fused-ring (bicyclic) bond motifs is 1. The predicted octanol–water partition coefficient (Wildman–Crippen LogP) is 2.29. The highest BCUT2D eigenvalue weighted by molar-refractivity contribution is 7.89. The molecule has 1 aromatic carbocycles. The molecule has 9 nitrogen and oxygen atoms in total. The molecule has 166 valence electrons. The van der Waals surface area contributed by atoms with Crippen molar-refractivity contribution in [2.75, 3.05) is 38.7 Å². The number of carbonyl (C=O) groups is 1. The van der Waals surface area contributed by atoms with Crippen molar-refractivity contribution in [2.45, 2.75) is 24.2 Å². The maximum Gasteiger partial charge on any atom is 0.243 e. The number of rotatable bonds is 5. The van der Waals surface area contributed by atoms with Gasteiger partial charge in [-0.25, -0.2) is 13.4 Å². The Morgan fingerprint density at radius 1 is 1.13 bits per heavy atom. The van der Waals surface area contributed by atoms with E-state index in [4.69, 9.17) is 14.2 Å². The molecule has 2 aliphatic rings. The third-order valence-corrected chi connectivity index (χ3v) is 7.29. The molecule has 0 radical (unpaired) electrons. The Hall–Kier alpha value is -2.85. The first-order valence-electron chi connectivity index (χ1n) is 10.2. The quantitative estimate of drug-likeness (QED) is 0.749. The van der Waals surface area contributed by atoms with E-state index < -0.39 is 10.0 Å². The highest BCUT2D eigenvalue weighted by atomic mass is 32.2. The van der Waals surface area contributed by atoms with Gasteiger partial charge in [-0.1, -0.05) is 0 Å². The Labute approximate surface area is 181 Å². The lowest BCUT2D eigenvalue weighted by atomic mass is 9.97. The number of carbonyl (C=O) groups excluding carboxylic acids is 1. The Balaban J connectivity index is 1.38. The maximum atomic E-state index is 13.1. The summed E-state index contributed by atoms with van der Waals surface area (Å²) in [6.45, 7) is 1.58. The molecule has 1 aromatic heterocycles. The summed E-state index contributed by atoms with van der Waals surface area (Å²) in [6.07, 6.45) is 3.16. The van der Waals surface area contributed by atoms with E-state index in [0.717, 1.165) is 6.42 Å². The van der Waals surface area contributed by atoms with Crippen LogP contribution in [0, 0.1) is 5.92 Å². The van der Waals surface area contributed by atoms with Crippen molar-refractivity contribution >= 4 is 21.6 Å². The average molecular weight is 448 g/mol. The van der Waals surface area contributed by atoms with Crippen LogP contribution in [0.25, 0.3) is 0 Å². The van der Waals surface area contributed by atoms with Crippen molar-refractivity contribution in [3.63, 3.8) is 0 Å². The van der Waals surface area contributed by atoms with Gasteiger partial charge in [-0.3, -0.25) is 4.79 Å². The number of sulfonamides is 1. The van der Waals surface area contributed by atoms with Crippen LogP contribution < -0.4 is 19.5 Å². The number of amides is 1. The molecule has 0 spiro atoms. The highest BCUT2D eigenvalue weighted by Crippen LogP contribution is 2.34. The van der Waals surface area contributed by atoms with Gasteiger partial charge < -0.3 is 19.5 Å². The van der Waals surface area contributed by atoms with Crippen molar-refractivity contribution in [1.29, 1.82) is 0 Å². The first-order valence-corrected chi connectivity index (χ1v) is 11.6. The summed E-state index contributed by atoms with van der Waals surface area (Å²) < 4.78 is 43.8. The summed E-state index contributed by atoms with van der Waals surface area (Å²) in [5, 5.41) is 2.83. The number of anilines is 1. The zero-order valence-electron chi connectivity index (χ0n) is 17.2. The Kier molecular flexibility index (Phi) is 6.28. The third kappa shape index (κ3) is 4.75. The van der Waals surface area contributed by atoms with Gasteiger partial charge in [-0.15, -0.1) is 0 Å². The largest absolute Gasteiger partial charge is 0.490 e. The fourth-order valence-corrected chi connectivity index (χ4v) is 5.12. The smallest absolute Gasteiger partial charge is 0.243 e. The monoisotopic (exact) mass is 447 g/mol. The number of nitrogens with one attached hydrogen (secondary N) is 1. The minimum absolute atomic E-state index is 0.139. The van der Waals surface area contributed by atoms with Crippen LogP contribution in [-0.4, -0.2) is 57.0 Å². The van der Waals surface area contributed by atoms with Crippen LogP contribution >= 0.6 is 0 Å². The van der Waals surface area contributed by atoms with Crippen molar-refractivity contribution in [3.8, 4) is 17.4 Å². The van der Waals surface area contributed by atoms with Crippen LogP contribution in [0.1, 0.15) is 19.3 Å². The lowest BCUT2D eigenvalue weighted by Crippen LogP contribution is -2.41. The molecule has 0 aliphatic carbocycles. The number of nitrogens with zero attached hydrogens (tertiary/aromatic N) is 2. The van der Waals surface area contributed by atoms with E-state index in [9.17, 15) is 13.2 Å². The molecule has 3 heterocycles. The van der Waals surface area contributed by atoms with E-state index in [0.29, 0.717) is 49.1 Å². The van der Waals surface area contributed by atoms with Crippen LogP contribution in [0.2, 0.25) is 0 Å². The van der Waals surface area contributed by atoms with Gasteiger partial charge in [0, 0.05) is 37.6 Å². The first-order chi connectivity index (χ1) is 15.0. The SMILES string of the molecule is COc1ccc(NC(=O)C2CCN(S(=O)(=O)c3ccc4c(c3)OCCCO4)CC2)cn1. The summed E-state index contributed by atoms with van der Waals surface area (Å²) in [5.74, 6) is 1.06. The van der Waals surface area contributed by atoms with Gasteiger partial charge in [0.15, 0.2) is 11.5 Å². The third-order valence-electron chi connectivity index (χ3n) is 5.39. The summed E-state index contributed by atoms with van der Waals surface area (Å²) >= 11 is 0. The summed E-state index contributed by atoms with van der Waals surface area (Å²) in [7, 11) is -2.16. The number of benzene rings is 1. The van der Waals surface area contributed by atoms with E-state index in [2.05, 4.69) is 10.3 Å². The molecule has 2 aromatic rings. The van der Waals surface area contributed by atoms with Gasteiger partial charge in [0.05, 0.1) is 37.1 Å².